The van der Waals surface area contributed by atoms with Gasteiger partial charge in [-0.1, -0.05) is 6.08 Å². The van der Waals surface area contributed by atoms with Crippen molar-refractivity contribution in [1.82, 2.24) is 4.98 Å². The Morgan fingerprint density at radius 3 is 2.91 bits per heavy atom. The zero-order chi connectivity index (χ0) is 15.7. The summed E-state index contributed by atoms with van der Waals surface area (Å²) in [4.78, 5) is 21.3. The fourth-order valence-electron chi connectivity index (χ4n) is 2.26. The fraction of sp³-hybridized carbons (Fsp3) is 0.312. The van der Waals surface area contributed by atoms with Crippen LogP contribution in [0.15, 0.2) is 39.9 Å². The number of aromatic nitrogens is 1. The van der Waals surface area contributed by atoms with Crippen LogP contribution in [0.25, 0.3) is 5.70 Å². The lowest BCUT2D eigenvalue weighted by atomic mass is 9.95. The molecule has 0 fully saturated rings. The number of fused-ring (bicyclic) bond motifs is 1. The van der Waals surface area contributed by atoms with E-state index in [2.05, 4.69) is 29.1 Å². The highest BCUT2D eigenvalue weighted by Gasteiger charge is 2.24. The van der Waals surface area contributed by atoms with Crippen LogP contribution in [0.3, 0.4) is 0 Å². The van der Waals surface area contributed by atoms with Gasteiger partial charge in [0.2, 0.25) is 0 Å². The number of nitrogens with zero attached hydrogens (tertiary/aromatic N) is 2. The molecule has 6 heteroatoms. The maximum Gasteiger partial charge on any atom is 0.189 e. The van der Waals surface area contributed by atoms with Crippen molar-refractivity contribution in [2.24, 2.45) is 4.99 Å². The van der Waals surface area contributed by atoms with E-state index in [1.165, 1.54) is 11.3 Å². The predicted octanol–water partition coefficient (Wildman–Crippen LogP) is 3.19. The molecule has 0 radical (unpaired) electrons. The van der Waals surface area contributed by atoms with Crippen molar-refractivity contribution in [3.63, 3.8) is 0 Å². The van der Waals surface area contributed by atoms with E-state index in [1.54, 1.807) is 13.2 Å². The Balaban J connectivity index is 1.92. The molecule has 3 rings (SSSR count). The molecule has 1 aliphatic heterocycles. The molecule has 5 nitrogen and oxygen atoms in total. The second kappa shape index (κ2) is 5.88. The van der Waals surface area contributed by atoms with Gasteiger partial charge in [0.05, 0.1) is 18.5 Å². The number of nitrogens with one attached hydrogen (secondary N) is 1. The Morgan fingerprint density at radius 1 is 1.36 bits per heavy atom. The topological polar surface area (TPSA) is 63.6 Å². The van der Waals surface area contributed by atoms with Gasteiger partial charge >= 0.3 is 0 Å². The van der Waals surface area contributed by atoms with E-state index < -0.39 is 0 Å². The van der Waals surface area contributed by atoms with Gasteiger partial charge in [0.25, 0.3) is 0 Å². The van der Waals surface area contributed by atoms with Gasteiger partial charge < -0.3 is 10.1 Å². The van der Waals surface area contributed by atoms with Crippen molar-refractivity contribution in [2.75, 3.05) is 12.4 Å². The van der Waals surface area contributed by atoms with Crippen LogP contribution in [-0.4, -0.2) is 29.6 Å². The minimum Gasteiger partial charge on any atom is -0.501 e. The van der Waals surface area contributed by atoms with Crippen LogP contribution in [0, 0.1) is 0 Å². The molecule has 2 aliphatic rings. The van der Waals surface area contributed by atoms with Crippen LogP contribution in [0.4, 0.5) is 5.13 Å². The third kappa shape index (κ3) is 2.87. The molecular weight excluding hydrogens is 298 g/mol. The number of thiazole rings is 1. The third-order valence-corrected chi connectivity index (χ3v) is 4.07. The lowest BCUT2D eigenvalue weighted by Gasteiger charge is -2.17. The summed E-state index contributed by atoms with van der Waals surface area (Å²) >= 11 is 1.51. The zero-order valence-corrected chi connectivity index (χ0v) is 13.5. The number of rotatable bonds is 4. The Kier molecular flexibility index (Phi) is 3.94. The van der Waals surface area contributed by atoms with E-state index in [1.807, 2.05) is 17.5 Å². The van der Waals surface area contributed by atoms with E-state index in [4.69, 9.17) is 4.74 Å². The first-order chi connectivity index (χ1) is 10.6. The molecule has 114 valence electrons. The van der Waals surface area contributed by atoms with E-state index in [9.17, 15) is 4.79 Å². The second-order valence-corrected chi connectivity index (χ2v) is 6.22. The smallest absolute Gasteiger partial charge is 0.189 e. The van der Waals surface area contributed by atoms with E-state index in [-0.39, 0.29) is 5.78 Å². The number of hydrogen-bond acceptors (Lipinski definition) is 6. The molecule has 0 aromatic carbocycles. The van der Waals surface area contributed by atoms with Gasteiger partial charge in [0.1, 0.15) is 11.5 Å². The number of hydrogen-bond donors (Lipinski definition) is 1. The number of carbonyl (C=O) groups is 1. The van der Waals surface area contributed by atoms with Crippen molar-refractivity contribution >= 4 is 33.7 Å². The van der Waals surface area contributed by atoms with E-state index >= 15 is 0 Å². The van der Waals surface area contributed by atoms with E-state index in [0.717, 1.165) is 10.9 Å². The first kappa shape index (κ1) is 14.7. The number of carbonyl (C=O) groups excluding carboxylic acids is 1. The fourth-order valence-corrected chi connectivity index (χ4v) is 3.11. The lowest BCUT2D eigenvalue weighted by Crippen LogP contribution is -2.17. The van der Waals surface area contributed by atoms with Crippen molar-refractivity contribution in [3.05, 3.63) is 40.6 Å². The van der Waals surface area contributed by atoms with Crippen LogP contribution in [0.2, 0.25) is 0 Å². The average Bonchev–Trinajstić information content (AvgIpc) is 2.94. The van der Waals surface area contributed by atoms with Gasteiger partial charge in [-0.2, -0.15) is 0 Å². The number of methoxy groups -OCH3 is 1. The van der Waals surface area contributed by atoms with Crippen molar-refractivity contribution in [3.8, 4) is 0 Å². The predicted molar refractivity (Wildman–Crippen MR) is 89.1 cm³/mol. The van der Waals surface area contributed by atoms with Crippen LogP contribution >= 0.6 is 11.3 Å². The van der Waals surface area contributed by atoms with Crippen LogP contribution in [0.1, 0.15) is 26.0 Å². The SMILES string of the molecule is COC1=CC2=NC(c3csc(NC(C)C)n3)=CC(=O)C2=CC1. The lowest BCUT2D eigenvalue weighted by molar-refractivity contribution is -0.110. The highest BCUT2D eigenvalue weighted by Crippen LogP contribution is 2.29. The average molecular weight is 315 g/mol. The van der Waals surface area contributed by atoms with Crippen LogP contribution in [-0.2, 0) is 9.53 Å². The molecule has 1 aromatic rings. The number of aliphatic imine (C=N–C) groups is 1. The van der Waals surface area contributed by atoms with Crippen molar-refractivity contribution < 1.29 is 9.53 Å². The summed E-state index contributed by atoms with van der Waals surface area (Å²) in [5, 5.41) is 5.99. The van der Waals surface area contributed by atoms with Gasteiger partial charge in [0.15, 0.2) is 10.9 Å². The van der Waals surface area contributed by atoms with Gasteiger partial charge in [-0.15, -0.1) is 11.3 Å². The third-order valence-electron chi connectivity index (χ3n) is 3.30. The molecule has 0 unspecified atom stereocenters. The van der Waals surface area contributed by atoms with Gasteiger partial charge in [-0.25, -0.2) is 9.98 Å². The molecule has 1 aromatic heterocycles. The van der Waals surface area contributed by atoms with Gasteiger partial charge in [0, 0.05) is 35.6 Å². The Labute approximate surface area is 133 Å². The Bertz CT molecular complexity index is 738. The molecule has 1 aliphatic carbocycles. The van der Waals surface area contributed by atoms with E-state index in [0.29, 0.717) is 35.1 Å². The van der Waals surface area contributed by atoms with Crippen molar-refractivity contribution in [2.45, 2.75) is 26.3 Å². The number of anilines is 1. The van der Waals surface area contributed by atoms with Crippen LogP contribution in [0.5, 0.6) is 0 Å². The molecule has 0 bridgehead atoms. The molecule has 0 saturated carbocycles. The molecule has 2 heterocycles. The maximum absolute atomic E-state index is 12.3. The van der Waals surface area contributed by atoms with Crippen molar-refractivity contribution in [1.29, 1.82) is 0 Å². The monoisotopic (exact) mass is 315 g/mol. The highest BCUT2D eigenvalue weighted by molar-refractivity contribution is 7.13. The molecule has 22 heavy (non-hydrogen) atoms. The molecular formula is C16H17N3O2S. The molecule has 0 spiro atoms. The quantitative estimate of drug-likeness (QED) is 0.927. The first-order valence-corrected chi connectivity index (χ1v) is 7.97. The Hall–Kier alpha value is -2.21. The summed E-state index contributed by atoms with van der Waals surface area (Å²) in [7, 11) is 1.62. The molecule has 1 N–H and O–H groups in total. The molecule has 0 atom stereocenters. The normalized spacial score (nSPS) is 17.4. The summed E-state index contributed by atoms with van der Waals surface area (Å²) < 4.78 is 5.25. The largest absolute Gasteiger partial charge is 0.501 e. The standard InChI is InChI=1S/C16H17N3O2S/c1-9(2)17-16-19-14(8-22-16)13-7-15(20)11-5-4-10(21-3)6-12(11)18-13/h5-9H,4H2,1-3H3,(H,17,19). The maximum atomic E-state index is 12.3. The summed E-state index contributed by atoms with van der Waals surface area (Å²) in [6.45, 7) is 4.11. The van der Waals surface area contributed by atoms with Gasteiger partial charge in [-0.05, 0) is 13.8 Å². The van der Waals surface area contributed by atoms with Gasteiger partial charge in [-0.3, -0.25) is 4.79 Å². The summed E-state index contributed by atoms with van der Waals surface area (Å²) in [6, 6.07) is 0.312. The summed E-state index contributed by atoms with van der Waals surface area (Å²) in [6.07, 6.45) is 5.86. The number of ether oxygens (including phenoxy) is 1. The molecule has 0 saturated heterocycles. The summed E-state index contributed by atoms with van der Waals surface area (Å²) in [5.41, 5.74) is 2.60. The zero-order valence-electron chi connectivity index (χ0n) is 12.7. The first-order valence-electron chi connectivity index (χ1n) is 7.09. The number of allylic oxidation sites excluding steroid dienone is 4. The molecule has 0 amide bonds. The summed E-state index contributed by atoms with van der Waals surface area (Å²) in [5.74, 6) is 0.773. The Morgan fingerprint density at radius 2 is 2.18 bits per heavy atom. The minimum absolute atomic E-state index is 0.0298. The van der Waals surface area contributed by atoms with Crippen LogP contribution < -0.4 is 5.32 Å². The second-order valence-electron chi connectivity index (χ2n) is 5.36. The highest BCUT2D eigenvalue weighted by atomic mass is 32.1. The number of ketones is 1. The minimum atomic E-state index is -0.0298.